The van der Waals surface area contributed by atoms with Gasteiger partial charge in [-0.3, -0.25) is 0 Å². The monoisotopic (exact) mass is 315 g/mol. The Morgan fingerprint density at radius 3 is 2.65 bits per heavy atom. The number of sulfonamides is 1. The molecule has 1 heterocycles. The fourth-order valence-electron chi connectivity index (χ4n) is 1.64. The molecule has 0 radical (unpaired) electrons. The molecular weight excluding hydrogens is 301 g/mol. The zero-order chi connectivity index (χ0) is 14.9. The van der Waals surface area contributed by atoms with Gasteiger partial charge in [0, 0.05) is 11.1 Å². The molecule has 0 unspecified atom stereocenters. The molecule has 0 saturated heterocycles. The van der Waals surface area contributed by atoms with Gasteiger partial charge in [-0.05, 0) is 31.5 Å². The highest BCUT2D eigenvalue weighted by Crippen LogP contribution is 2.21. The normalized spacial score (nSPS) is 11.8. The average molecular weight is 315 g/mol. The van der Waals surface area contributed by atoms with E-state index in [1.807, 2.05) is 6.92 Å². The van der Waals surface area contributed by atoms with Gasteiger partial charge in [-0.25, -0.2) is 22.5 Å². The van der Waals surface area contributed by atoms with Crippen molar-refractivity contribution in [3.05, 3.63) is 39.6 Å². The first-order valence-corrected chi connectivity index (χ1v) is 8.06. The van der Waals surface area contributed by atoms with Crippen LogP contribution in [-0.2, 0) is 16.6 Å². The summed E-state index contributed by atoms with van der Waals surface area (Å²) in [4.78, 5) is 5.02. The van der Waals surface area contributed by atoms with Gasteiger partial charge in [0.25, 0.3) is 0 Å². The van der Waals surface area contributed by atoms with E-state index in [1.54, 1.807) is 6.20 Å². The summed E-state index contributed by atoms with van der Waals surface area (Å²) in [5, 5.41) is 0.665. The van der Waals surface area contributed by atoms with Crippen LogP contribution in [0.1, 0.15) is 15.4 Å². The lowest BCUT2D eigenvalue weighted by molar-refractivity contribution is 0.580. The SMILES string of the molecule is Cc1cnc(CNS(=O)(=O)c2cc(C)c(F)c(N)c2)s1. The molecule has 0 aliphatic rings. The zero-order valence-electron chi connectivity index (χ0n) is 11.0. The Labute approximate surface area is 120 Å². The van der Waals surface area contributed by atoms with E-state index < -0.39 is 15.8 Å². The molecule has 2 aromatic rings. The van der Waals surface area contributed by atoms with Crippen molar-refractivity contribution in [2.75, 3.05) is 5.73 Å². The Hall–Kier alpha value is -1.51. The van der Waals surface area contributed by atoms with E-state index in [-0.39, 0.29) is 22.7 Å². The van der Waals surface area contributed by atoms with E-state index in [0.29, 0.717) is 5.01 Å². The van der Waals surface area contributed by atoms with Gasteiger partial charge in [0.2, 0.25) is 10.0 Å². The number of benzene rings is 1. The van der Waals surface area contributed by atoms with Crippen LogP contribution in [0.5, 0.6) is 0 Å². The van der Waals surface area contributed by atoms with Gasteiger partial charge >= 0.3 is 0 Å². The average Bonchev–Trinajstić information content (AvgIpc) is 2.79. The number of nitrogen functional groups attached to an aromatic ring is 1. The van der Waals surface area contributed by atoms with Crippen molar-refractivity contribution < 1.29 is 12.8 Å². The van der Waals surface area contributed by atoms with Crippen molar-refractivity contribution in [1.29, 1.82) is 0 Å². The van der Waals surface area contributed by atoms with Crippen molar-refractivity contribution in [1.82, 2.24) is 9.71 Å². The first kappa shape index (κ1) is 14.9. The largest absolute Gasteiger partial charge is 0.396 e. The van der Waals surface area contributed by atoms with Crippen molar-refractivity contribution in [2.45, 2.75) is 25.3 Å². The second-order valence-corrected chi connectivity index (χ2v) is 7.42. The number of aromatic nitrogens is 1. The number of rotatable bonds is 4. The number of aryl methyl sites for hydroxylation is 2. The minimum Gasteiger partial charge on any atom is -0.396 e. The number of hydrogen-bond donors (Lipinski definition) is 2. The van der Waals surface area contributed by atoms with Crippen LogP contribution in [0.15, 0.2) is 23.2 Å². The smallest absolute Gasteiger partial charge is 0.241 e. The van der Waals surface area contributed by atoms with E-state index in [4.69, 9.17) is 5.73 Å². The summed E-state index contributed by atoms with van der Waals surface area (Å²) in [6.45, 7) is 3.45. The fourth-order valence-corrected chi connectivity index (χ4v) is 3.57. The lowest BCUT2D eigenvalue weighted by Gasteiger charge is -2.08. The molecule has 8 heteroatoms. The summed E-state index contributed by atoms with van der Waals surface area (Å²) >= 11 is 1.41. The summed E-state index contributed by atoms with van der Waals surface area (Å²) in [7, 11) is -3.74. The van der Waals surface area contributed by atoms with Crippen LogP contribution in [0.25, 0.3) is 0 Å². The van der Waals surface area contributed by atoms with Crippen LogP contribution in [0.2, 0.25) is 0 Å². The maximum Gasteiger partial charge on any atom is 0.241 e. The standard InChI is InChI=1S/C12H14FN3O2S2/c1-7-3-9(4-10(14)12(7)13)20(17,18)16-6-11-15-5-8(2)19-11/h3-5,16H,6,14H2,1-2H3. The van der Waals surface area contributed by atoms with Gasteiger partial charge in [0.05, 0.1) is 17.1 Å². The van der Waals surface area contributed by atoms with Gasteiger partial charge in [0.1, 0.15) is 10.8 Å². The summed E-state index contributed by atoms with van der Waals surface area (Å²) in [5.74, 6) is -0.598. The van der Waals surface area contributed by atoms with Gasteiger partial charge in [0.15, 0.2) is 0 Å². The van der Waals surface area contributed by atoms with Gasteiger partial charge < -0.3 is 5.73 Å². The van der Waals surface area contributed by atoms with E-state index in [9.17, 15) is 12.8 Å². The molecule has 2 rings (SSSR count). The molecule has 108 valence electrons. The molecule has 0 fully saturated rings. The summed E-state index contributed by atoms with van der Waals surface area (Å²) in [5.41, 5.74) is 5.46. The van der Waals surface area contributed by atoms with Gasteiger partial charge in [-0.15, -0.1) is 11.3 Å². The lowest BCUT2D eigenvalue weighted by Crippen LogP contribution is -2.23. The van der Waals surface area contributed by atoms with Crippen LogP contribution in [0, 0.1) is 19.7 Å². The number of nitrogens with two attached hydrogens (primary N) is 1. The summed E-state index contributed by atoms with van der Waals surface area (Å²) in [6, 6.07) is 2.36. The van der Waals surface area contributed by atoms with Crippen LogP contribution in [0.4, 0.5) is 10.1 Å². The highest BCUT2D eigenvalue weighted by Gasteiger charge is 2.17. The maximum absolute atomic E-state index is 13.4. The number of halogens is 1. The van der Waals surface area contributed by atoms with E-state index in [0.717, 1.165) is 10.9 Å². The fraction of sp³-hybridized carbons (Fsp3) is 0.250. The Balaban J connectivity index is 2.22. The first-order chi connectivity index (χ1) is 9.29. The predicted molar refractivity (Wildman–Crippen MR) is 76.4 cm³/mol. The highest BCUT2D eigenvalue weighted by molar-refractivity contribution is 7.89. The Bertz CT molecular complexity index is 718. The second kappa shape index (κ2) is 5.47. The van der Waals surface area contributed by atoms with Crippen molar-refractivity contribution in [3.8, 4) is 0 Å². The zero-order valence-corrected chi connectivity index (χ0v) is 12.6. The molecule has 0 aliphatic heterocycles. The molecule has 0 aliphatic carbocycles. The van der Waals surface area contributed by atoms with E-state index >= 15 is 0 Å². The second-order valence-electron chi connectivity index (χ2n) is 4.33. The number of anilines is 1. The lowest BCUT2D eigenvalue weighted by atomic mass is 10.2. The van der Waals surface area contributed by atoms with Crippen molar-refractivity contribution in [2.24, 2.45) is 0 Å². The Morgan fingerprint density at radius 2 is 2.10 bits per heavy atom. The Kier molecular flexibility index (Phi) is 4.07. The quantitative estimate of drug-likeness (QED) is 0.845. The van der Waals surface area contributed by atoms with Crippen LogP contribution < -0.4 is 10.5 Å². The minimum atomic E-state index is -3.74. The molecule has 0 amide bonds. The molecule has 20 heavy (non-hydrogen) atoms. The number of hydrogen-bond acceptors (Lipinski definition) is 5. The van der Waals surface area contributed by atoms with Gasteiger partial charge in [-0.1, -0.05) is 0 Å². The summed E-state index contributed by atoms with van der Waals surface area (Å²) < 4.78 is 40.1. The van der Waals surface area contributed by atoms with E-state index in [2.05, 4.69) is 9.71 Å². The molecular formula is C12H14FN3O2S2. The highest BCUT2D eigenvalue weighted by atomic mass is 32.2. The van der Waals surface area contributed by atoms with Gasteiger partial charge in [-0.2, -0.15) is 0 Å². The molecule has 3 N–H and O–H groups in total. The van der Waals surface area contributed by atoms with Crippen molar-refractivity contribution in [3.63, 3.8) is 0 Å². The third-order valence-electron chi connectivity index (χ3n) is 2.65. The molecule has 0 spiro atoms. The molecule has 0 bridgehead atoms. The Morgan fingerprint density at radius 1 is 1.40 bits per heavy atom. The van der Waals surface area contributed by atoms with Crippen LogP contribution in [0.3, 0.4) is 0 Å². The number of nitrogens with zero attached hydrogens (tertiary/aromatic N) is 1. The molecule has 1 aromatic heterocycles. The molecule has 0 atom stereocenters. The molecule has 5 nitrogen and oxygen atoms in total. The van der Waals surface area contributed by atoms with Crippen molar-refractivity contribution >= 4 is 27.0 Å². The number of thiazole rings is 1. The molecule has 0 saturated carbocycles. The summed E-state index contributed by atoms with van der Waals surface area (Å²) in [6.07, 6.45) is 1.67. The van der Waals surface area contributed by atoms with Crippen LogP contribution in [-0.4, -0.2) is 13.4 Å². The topological polar surface area (TPSA) is 85.1 Å². The predicted octanol–water partition coefficient (Wildman–Crippen LogP) is 1.96. The maximum atomic E-state index is 13.4. The molecule has 1 aromatic carbocycles. The van der Waals surface area contributed by atoms with Crippen LogP contribution >= 0.6 is 11.3 Å². The minimum absolute atomic E-state index is 0.0535. The number of nitrogens with one attached hydrogen (secondary N) is 1. The third kappa shape index (κ3) is 3.14. The first-order valence-electron chi connectivity index (χ1n) is 5.76. The third-order valence-corrected chi connectivity index (χ3v) is 4.94. The van der Waals surface area contributed by atoms with E-state index in [1.165, 1.54) is 24.3 Å².